The number of hydrogen-bond acceptors (Lipinski definition) is 2. The van der Waals surface area contributed by atoms with E-state index < -0.39 is 0 Å². The summed E-state index contributed by atoms with van der Waals surface area (Å²) in [5, 5.41) is 3.54. The molecule has 1 N–H and O–H groups in total. The lowest BCUT2D eigenvalue weighted by Gasteiger charge is -2.30. The zero-order valence-electron chi connectivity index (χ0n) is 13.3. The quantitative estimate of drug-likeness (QED) is 0.692. The van der Waals surface area contributed by atoms with Crippen molar-refractivity contribution in [2.75, 3.05) is 13.1 Å². The van der Waals surface area contributed by atoms with E-state index in [-0.39, 0.29) is 0 Å². The molecule has 110 valence electrons. The lowest BCUT2D eigenvalue weighted by Crippen LogP contribution is -2.41. The first kappa shape index (κ1) is 16.3. The maximum atomic E-state index is 3.54. The topological polar surface area (TPSA) is 20.2 Å². The van der Waals surface area contributed by atoms with E-state index in [4.69, 9.17) is 0 Å². The molecule has 0 radical (unpaired) electrons. The van der Waals surface area contributed by atoms with E-state index in [1.54, 1.807) is 0 Å². The SMILES string of the molecule is CCCn1ccc(CNCCN(C(C)C)C(C)C)c1. The van der Waals surface area contributed by atoms with E-state index in [1.165, 1.54) is 12.0 Å². The van der Waals surface area contributed by atoms with E-state index >= 15 is 0 Å². The molecule has 1 aromatic heterocycles. The van der Waals surface area contributed by atoms with Gasteiger partial charge in [0.25, 0.3) is 0 Å². The molecule has 1 aromatic rings. The molecular weight excluding hydrogens is 234 g/mol. The Morgan fingerprint density at radius 2 is 1.89 bits per heavy atom. The van der Waals surface area contributed by atoms with Crippen molar-refractivity contribution in [3.8, 4) is 0 Å². The van der Waals surface area contributed by atoms with Crippen LogP contribution in [0.15, 0.2) is 18.5 Å². The Kier molecular flexibility index (Phi) is 7.17. The van der Waals surface area contributed by atoms with Crippen LogP contribution in [0.4, 0.5) is 0 Å². The molecule has 0 amide bonds. The Labute approximate surface area is 119 Å². The van der Waals surface area contributed by atoms with Crippen LogP contribution in [0.3, 0.4) is 0 Å². The predicted octanol–water partition coefficient (Wildman–Crippen LogP) is 3.11. The summed E-state index contributed by atoms with van der Waals surface area (Å²) in [6.07, 6.45) is 5.62. The van der Waals surface area contributed by atoms with Gasteiger partial charge in [-0.3, -0.25) is 4.90 Å². The molecule has 0 spiro atoms. The van der Waals surface area contributed by atoms with Gasteiger partial charge in [0, 0.05) is 50.7 Å². The molecule has 3 heteroatoms. The molecule has 0 aliphatic rings. The van der Waals surface area contributed by atoms with Crippen molar-refractivity contribution in [2.45, 2.75) is 66.2 Å². The summed E-state index contributed by atoms with van der Waals surface area (Å²) in [5.41, 5.74) is 1.38. The number of aryl methyl sites for hydroxylation is 1. The van der Waals surface area contributed by atoms with E-state index in [2.05, 4.69) is 67.9 Å². The van der Waals surface area contributed by atoms with Gasteiger partial charge in [0.15, 0.2) is 0 Å². The maximum absolute atomic E-state index is 3.54. The Balaban J connectivity index is 2.25. The highest BCUT2D eigenvalue weighted by Gasteiger charge is 2.11. The van der Waals surface area contributed by atoms with Crippen LogP contribution >= 0.6 is 0 Å². The molecule has 0 bridgehead atoms. The zero-order chi connectivity index (χ0) is 14.3. The number of rotatable bonds is 9. The van der Waals surface area contributed by atoms with Crippen molar-refractivity contribution < 1.29 is 0 Å². The standard InChI is InChI=1S/C16H31N3/c1-6-9-18-10-7-16(13-18)12-17-8-11-19(14(2)3)15(4)5/h7,10,13-15,17H,6,8-9,11-12H2,1-5H3. The van der Waals surface area contributed by atoms with Crippen LogP contribution in [-0.4, -0.2) is 34.6 Å². The van der Waals surface area contributed by atoms with Crippen molar-refractivity contribution in [1.82, 2.24) is 14.8 Å². The van der Waals surface area contributed by atoms with Gasteiger partial charge in [-0.25, -0.2) is 0 Å². The van der Waals surface area contributed by atoms with Gasteiger partial charge in [-0.15, -0.1) is 0 Å². The summed E-state index contributed by atoms with van der Waals surface area (Å²) in [5.74, 6) is 0. The average molecular weight is 265 g/mol. The minimum absolute atomic E-state index is 0.618. The molecular formula is C16H31N3. The summed E-state index contributed by atoms with van der Waals surface area (Å²) in [7, 11) is 0. The van der Waals surface area contributed by atoms with Crippen LogP contribution in [0.25, 0.3) is 0 Å². The van der Waals surface area contributed by atoms with E-state index in [0.717, 1.165) is 26.2 Å². The lowest BCUT2D eigenvalue weighted by molar-refractivity contribution is 0.176. The summed E-state index contributed by atoms with van der Waals surface area (Å²) in [4.78, 5) is 2.52. The summed E-state index contributed by atoms with van der Waals surface area (Å²) in [6, 6.07) is 3.45. The van der Waals surface area contributed by atoms with Gasteiger partial charge in [-0.1, -0.05) is 6.92 Å². The van der Waals surface area contributed by atoms with E-state index in [0.29, 0.717) is 12.1 Å². The molecule has 1 heterocycles. The smallest absolute Gasteiger partial charge is 0.0221 e. The molecule has 0 aliphatic heterocycles. The van der Waals surface area contributed by atoms with Crippen LogP contribution in [-0.2, 0) is 13.1 Å². The van der Waals surface area contributed by atoms with E-state index in [1.807, 2.05) is 0 Å². The average Bonchev–Trinajstić information content (AvgIpc) is 2.76. The molecule has 3 nitrogen and oxygen atoms in total. The van der Waals surface area contributed by atoms with Crippen molar-refractivity contribution in [3.63, 3.8) is 0 Å². The Bertz CT molecular complexity index is 334. The minimum Gasteiger partial charge on any atom is -0.354 e. The van der Waals surface area contributed by atoms with Gasteiger partial charge in [-0.2, -0.15) is 0 Å². The normalized spacial score (nSPS) is 12.0. The van der Waals surface area contributed by atoms with Crippen LogP contribution in [0.1, 0.15) is 46.6 Å². The van der Waals surface area contributed by atoms with E-state index in [9.17, 15) is 0 Å². The van der Waals surface area contributed by atoms with Crippen LogP contribution in [0.5, 0.6) is 0 Å². The number of nitrogens with one attached hydrogen (secondary N) is 1. The number of nitrogens with zero attached hydrogens (tertiary/aromatic N) is 2. The number of hydrogen-bond donors (Lipinski definition) is 1. The van der Waals surface area contributed by atoms with Crippen molar-refractivity contribution in [2.24, 2.45) is 0 Å². The molecule has 0 aromatic carbocycles. The van der Waals surface area contributed by atoms with Gasteiger partial charge in [-0.05, 0) is 45.7 Å². The fraction of sp³-hybridized carbons (Fsp3) is 0.750. The highest BCUT2D eigenvalue weighted by Crippen LogP contribution is 2.04. The molecule has 19 heavy (non-hydrogen) atoms. The van der Waals surface area contributed by atoms with Gasteiger partial charge < -0.3 is 9.88 Å². The van der Waals surface area contributed by atoms with Crippen LogP contribution < -0.4 is 5.32 Å². The first-order chi connectivity index (χ1) is 9.04. The van der Waals surface area contributed by atoms with Crippen molar-refractivity contribution in [3.05, 3.63) is 24.0 Å². The van der Waals surface area contributed by atoms with Crippen molar-refractivity contribution >= 4 is 0 Å². The largest absolute Gasteiger partial charge is 0.354 e. The van der Waals surface area contributed by atoms with Gasteiger partial charge in [0.2, 0.25) is 0 Å². The first-order valence-corrected chi connectivity index (χ1v) is 7.65. The van der Waals surface area contributed by atoms with Crippen LogP contribution in [0.2, 0.25) is 0 Å². The molecule has 0 saturated carbocycles. The molecule has 0 atom stereocenters. The first-order valence-electron chi connectivity index (χ1n) is 7.65. The monoisotopic (exact) mass is 265 g/mol. The third kappa shape index (κ3) is 5.79. The highest BCUT2D eigenvalue weighted by molar-refractivity contribution is 5.09. The fourth-order valence-electron chi connectivity index (χ4n) is 2.55. The highest BCUT2D eigenvalue weighted by atomic mass is 15.2. The molecule has 0 fully saturated rings. The Hall–Kier alpha value is -0.800. The molecule has 0 unspecified atom stereocenters. The Morgan fingerprint density at radius 3 is 2.47 bits per heavy atom. The minimum atomic E-state index is 0.618. The summed E-state index contributed by atoms with van der Waals surface area (Å²) < 4.78 is 2.27. The van der Waals surface area contributed by atoms with Crippen LogP contribution in [0, 0.1) is 0 Å². The molecule has 0 saturated heterocycles. The molecule has 1 rings (SSSR count). The third-order valence-electron chi connectivity index (χ3n) is 3.50. The number of aromatic nitrogens is 1. The second-order valence-corrected chi connectivity index (χ2v) is 5.86. The summed E-state index contributed by atoms with van der Waals surface area (Å²) in [6.45, 7) is 15.5. The lowest BCUT2D eigenvalue weighted by atomic mass is 10.2. The Morgan fingerprint density at radius 1 is 1.21 bits per heavy atom. The predicted molar refractivity (Wildman–Crippen MR) is 83.4 cm³/mol. The fourth-order valence-corrected chi connectivity index (χ4v) is 2.55. The second-order valence-electron chi connectivity index (χ2n) is 5.86. The van der Waals surface area contributed by atoms with Gasteiger partial charge in [0.1, 0.15) is 0 Å². The second kappa shape index (κ2) is 8.39. The zero-order valence-corrected chi connectivity index (χ0v) is 13.3. The van der Waals surface area contributed by atoms with Gasteiger partial charge >= 0.3 is 0 Å². The summed E-state index contributed by atoms with van der Waals surface area (Å²) >= 11 is 0. The molecule has 0 aliphatic carbocycles. The maximum Gasteiger partial charge on any atom is 0.0221 e. The van der Waals surface area contributed by atoms with Crippen molar-refractivity contribution in [1.29, 1.82) is 0 Å². The van der Waals surface area contributed by atoms with Gasteiger partial charge in [0.05, 0.1) is 0 Å². The third-order valence-corrected chi connectivity index (χ3v) is 3.50.